The number of nitrogens with one attached hydrogen (secondary N) is 2. The lowest BCUT2D eigenvalue weighted by Gasteiger charge is -2.31. The van der Waals surface area contributed by atoms with Gasteiger partial charge in [0.2, 0.25) is 5.88 Å². The van der Waals surface area contributed by atoms with Crippen molar-refractivity contribution < 1.29 is 23.5 Å². The molecule has 206 valence electrons. The second-order valence-corrected chi connectivity index (χ2v) is 11.0. The summed E-state index contributed by atoms with van der Waals surface area (Å²) in [6.45, 7) is 5.90. The molecule has 0 unspecified atom stereocenters. The van der Waals surface area contributed by atoms with Crippen LogP contribution in [0.15, 0.2) is 17.1 Å². The average molecular weight is 554 g/mol. The molecule has 0 bridgehead atoms. The van der Waals surface area contributed by atoms with Crippen LogP contribution in [-0.2, 0) is 6.54 Å². The van der Waals surface area contributed by atoms with Gasteiger partial charge < -0.3 is 15.3 Å². The van der Waals surface area contributed by atoms with Crippen molar-refractivity contribution >= 4 is 29.9 Å². The van der Waals surface area contributed by atoms with Gasteiger partial charge in [0, 0.05) is 44.6 Å². The van der Waals surface area contributed by atoms with Crippen LogP contribution in [0, 0.1) is 5.41 Å². The highest BCUT2D eigenvalue weighted by atomic mass is 35.5. The van der Waals surface area contributed by atoms with Gasteiger partial charge in [0.25, 0.3) is 23.3 Å². The Morgan fingerprint density at radius 1 is 1.24 bits per heavy atom. The van der Waals surface area contributed by atoms with Gasteiger partial charge in [-0.1, -0.05) is 20.8 Å². The second kappa shape index (κ2) is 9.68. The number of rotatable bonds is 5. The number of likely N-dealkylation sites (tertiary alicyclic amines) is 1. The summed E-state index contributed by atoms with van der Waals surface area (Å²) in [5.74, 6) is -4.42. The molecule has 0 radical (unpaired) electrons. The maximum absolute atomic E-state index is 13.6. The Kier molecular flexibility index (Phi) is 7.02. The number of nitrogens with zero attached hydrogens (tertiary/aromatic N) is 5. The largest absolute Gasteiger partial charge is 0.494 e. The van der Waals surface area contributed by atoms with Crippen LogP contribution in [0.1, 0.15) is 67.2 Å². The molecule has 0 aromatic carbocycles. The molecule has 3 aromatic rings. The second-order valence-electron chi connectivity index (χ2n) is 11.0. The van der Waals surface area contributed by atoms with Crippen LogP contribution in [-0.4, -0.2) is 71.3 Å². The highest BCUT2D eigenvalue weighted by molar-refractivity contribution is 6.00. The summed E-state index contributed by atoms with van der Waals surface area (Å²) in [7, 11) is 0. The van der Waals surface area contributed by atoms with E-state index in [1.807, 2.05) is 20.8 Å². The van der Waals surface area contributed by atoms with Crippen LogP contribution in [0.3, 0.4) is 0 Å². The van der Waals surface area contributed by atoms with Gasteiger partial charge in [-0.05, 0) is 18.3 Å². The number of halogens is 3. The summed E-state index contributed by atoms with van der Waals surface area (Å²) < 4.78 is 29.6. The van der Waals surface area contributed by atoms with Crippen LogP contribution < -0.4 is 10.9 Å². The van der Waals surface area contributed by atoms with Gasteiger partial charge in [-0.2, -0.15) is 14.7 Å². The molecule has 0 spiro atoms. The lowest BCUT2D eigenvalue weighted by molar-refractivity contribution is -0.0494. The normalized spacial score (nSPS) is 17.3. The van der Waals surface area contributed by atoms with E-state index in [0.29, 0.717) is 0 Å². The first-order valence-electron chi connectivity index (χ1n) is 12.2. The number of aromatic nitrogens is 5. The summed E-state index contributed by atoms with van der Waals surface area (Å²) in [4.78, 5) is 40.6. The highest BCUT2D eigenvalue weighted by Gasteiger charge is 2.37. The van der Waals surface area contributed by atoms with E-state index in [1.54, 1.807) is 0 Å². The molecule has 2 fully saturated rings. The molecule has 1 saturated heterocycles. The fourth-order valence-electron chi connectivity index (χ4n) is 4.45. The van der Waals surface area contributed by atoms with Crippen molar-refractivity contribution in [2.24, 2.45) is 5.41 Å². The number of aromatic hydroxyl groups is 1. The molecule has 0 atom stereocenters. The molecule has 2 amide bonds. The zero-order chi connectivity index (χ0) is 26.7. The van der Waals surface area contributed by atoms with E-state index in [2.05, 4.69) is 20.6 Å². The molecule has 1 saturated carbocycles. The van der Waals surface area contributed by atoms with Crippen molar-refractivity contribution in [2.75, 3.05) is 13.1 Å². The molecule has 4 heterocycles. The summed E-state index contributed by atoms with van der Waals surface area (Å²) in [6, 6.07) is 1.49. The zero-order valence-corrected chi connectivity index (χ0v) is 22.1. The van der Waals surface area contributed by atoms with Crippen LogP contribution in [0.25, 0.3) is 17.0 Å². The Morgan fingerprint density at radius 2 is 1.89 bits per heavy atom. The van der Waals surface area contributed by atoms with Gasteiger partial charge in [-0.3, -0.25) is 24.0 Å². The molecule has 14 heteroatoms. The lowest BCUT2D eigenvalue weighted by atomic mass is 9.96. The third kappa shape index (κ3) is 5.24. The monoisotopic (exact) mass is 553 g/mol. The minimum absolute atomic E-state index is 0. The van der Waals surface area contributed by atoms with E-state index < -0.39 is 47.6 Å². The quantitative estimate of drug-likeness (QED) is 0.444. The van der Waals surface area contributed by atoms with Crippen molar-refractivity contribution in [3.63, 3.8) is 0 Å². The Bertz CT molecular complexity index is 1440. The van der Waals surface area contributed by atoms with Crippen LogP contribution in [0.4, 0.5) is 8.78 Å². The van der Waals surface area contributed by atoms with E-state index in [-0.39, 0.29) is 66.1 Å². The first-order chi connectivity index (χ1) is 17.3. The van der Waals surface area contributed by atoms with Gasteiger partial charge in [0.1, 0.15) is 11.3 Å². The van der Waals surface area contributed by atoms with Crippen LogP contribution in [0.2, 0.25) is 0 Å². The van der Waals surface area contributed by atoms with Gasteiger partial charge in [0.15, 0.2) is 5.56 Å². The Hall–Kier alpha value is -3.48. The van der Waals surface area contributed by atoms with Crippen LogP contribution in [0.5, 0.6) is 5.88 Å². The average Bonchev–Trinajstić information content (AvgIpc) is 3.30. The third-order valence-corrected chi connectivity index (χ3v) is 6.53. The van der Waals surface area contributed by atoms with E-state index in [1.165, 1.54) is 21.7 Å². The zero-order valence-electron chi connectivity index (χ0n) is 21.3. The minimum atomic E-state index is -2.80. The van der Waals surface area contributed by atoms with E-state index in [0.717, 1.165) is 17.4 Å². The molecule has 1 aliphatic heterocycles. The number of fused-ring (bicyclic) bond motifs is 1. The predicted molar refractivity (Wildman–Crippen MR) is 136 cm³/mol. The fourth-order valence-corrected chi connectivity index (χ4v) is 4.45. The molecule has 2 aliphatic rings. The topological polar surface area (TPSA) is 138 Å². The molecule has 38 heavy (non-hydrogen) atoms. The summed E-state index contributed by atoms with van der Waals surface area (Å²) in [5, 5.41) is 24.8. The molecule has 5 rings (SSSR count). The Morgan fingerprint density at radius 3 is 2.50 bits per heavy atom. The summed E-state index contributed by atoms with van der Waals surface area (Å²) >= 11 is 0. The minimum Gasteiger partial charge on any atom is -0.494 e. The van der Waals surface area contributed by atoms with Gasteiger partial charge in [-0.15, -0.1) is 12.4 Å². The number of aromatic amines is 1. The number of carbonyl (C=O) groups is 2. The number of alkyl halides is 2. The smallest absolute Gasteiger partial charge is 0.291 e. The van der Waals surface area contributed by atoms with Crippen molar-refractivity contribution in [2.45, 2.75) is 65.0 Å². The molecular weight excluding hydrogens is 524 g/mol. The van der Waals surface area contributed by atoms with Crippen LogP contribution >= 0.6 is 12.4 Å². The highest BCUT2D eigenvalue weighted by Crippen LogP contribution is 2.31. The van der Waals surface area contributed by atoms with Gasteiger partial charge >= 0.3 is 0 Å². The third-order valence-electron chi connectivity index (χ3n) is 6.53. The number of piperidine rings is 1. The number of hydrogen-bond acceptors (Lipinski definition) is 6. The SMILES string of the molecule is CC(C)(C)Cn1c(O)c(C(=O)NC2CC2)c(=O)n2nc(-c3[nH]ncc3C(=O)N3CCC(F)(F)CC3)cc12.Cl. The van der Waals surface area contributed by atoms with E-state index in [4.69, 9.17) is 0 Å². The molecule has 11 nitrogen and oxygen atoms in total. The lowest BCUT2D eigenvalue weighted by Crippen LogP contribution is -2.42. The molecule has 3 N–H and O–H groups in total. The van der Waals surface area contributed by atoms with E-state index in [9.17, 15) is 28.3 Å². The molecule has 1 aliphatic carbocycles. The number of hydrogen-bond donors (Lipinski definition) is 3. The first-order valence-corrected chi connectivity index (χ1v) is 12.2. The molecular formula is C24H30ClF2N7O4. The van der Waals surface area contributed by atoms with Crippen molar-refractivity contribution in [1.82, 2.24) is 34.6 Å². The number of carbonyl (C=O) groups excluding carboxylic acids is 2. The maximum atomic E-state index is 13.6. The summed E-state index contributed by atoms with van der Waals surface area (Å²) in [6.07, 6.45) is 2.07. The van der Waals surface area contributed by atoms with Gasteiger partial charge in [0.05, 0.1) is 17.5 Å². The molecule has 3 aromatic heterocycles. The fraction of sp³-hybridized carbons (Fsp3) is 0.542. The first kappa shape index (κ1) is 27.6. The Balaban J connectivity index is 0.00000336. The Labute approximate surface area is 222 Å². The van der Waals surface area contributed by atoms with Crippen molar-refractivity contribution in [3.8, 4) is 17.3 Å². The number of amides is 2. The van der Waals surface area contributed by atoms with Gasteiger partial charge in [-0.25, -0.2) is 8.78 Å². The van der Waals surface area contributed by atoms with E-state index >= 15 is 0 Å². The summed E-state index contributed by atoms with van der Waals surface area (Å²) in [5.41, 5.74) is -0.812. The maximum Gasteiger partial charge on any atom is 0.291 e. The van der Waals surface area contributed by atoms with Crippen molar-refractivity contribution in [3.05, 3.63) is 33.7 Å². The predicted octanol–water partition coefficient (Wildman–Crippen LogP) is 2.82. The standard InChI is InChI=1S/C24H29F2N7O4.ClH/c1-23(2,3)12-32-16-10-15(30-33(16)22(37)17(21(32)36)19(34)28-13-4-5-13)18-14(11-27-29-18)20(35)31-8-6-24(25,26)7-9-31;/h10-11,13,36H,4-9,12H2,1-3H3,(H,27,29)(H,28,34);1H. The van der Waals surface area contributed by atoms with Crippen molar-refractivity contribution in [1.29, 1.82) is 0 Å². The number of H-pyrrole nitrogens is 1.